The van der Waals surface area contributed by atoms with Gasteiger partial charge in [0.05, 0.1) is 23.3 Å². The molecule has 1 aliphatic carbocycles. The van der Waals surface area contributed by atoms with Crippen LogP contribution in [0.1, 0.15) is 70.5 Å². The zero-order valence-corrected chi connectivity index (χ0v) is 32.4. The fraction of sp³-hybridized carbons (Fsp3) is 0.429. The van der Waals surface area contributed by atoms with Crippen molar-refractivity contribution in [3.63, 3.8) is 0 Å². The summed E-state index contributed by atoms with van der Waals surface area (Å²) < 4.78 is 18.1. The largest absolute Gasteiger partial charge is 0.490 e. The van der Waals surface area contributed by atoms with Crippen molar-refractivity contribution in [1.29, 1.82) is 0 Å². The van der Waals surface area contributed by atoms with E-state index in [0.717, 1.165) is 111 Å². The first kappa shape index (κ1) is 37.4. The molecule has 1 atom stereocenters. The van der Waals surface area contributed by atoms with Crippen molar-refractivity contribution in [3.05, 3.63) is 82.5 Å². The number of nitrogens with zero attached hydrogens (tertiary/aromatic N) is 6. The second kappa shape index (κ2) is 16.3. The van der Waals surface area contributed by atoms with Crippen molar-refractivity contribution in [3.8, 4) is 16.5 Å². The van der Waals surface area contributed by atoms with E-state index in [1.54, 1.807) is 18.3 Å². The van der Waals surface area contributed by atoms with Crippen LogP contribution in [0, 0.1) is 0 Å². The minimum atomic E-state index is -0.959. The van der Waals surface area contributed by atoms with E-state index in [-0.39, 0.29) is 31.0 Å². The van der Waals surface area contributed by atoms with Crippen molar-refractivity contribution < 1.29 is 33.2 Å². The Morgan fingerprint density at radius 2 is 1.56 bits per heavy atom. The molecule has 5 aliphatic rings. The second-order valence-electron chi connectivity index (χ2n) is 15.4. The average Bonchev–Trinajstić information content (AvgIpc) is 3.98. The molecule has 2 aromatic carbocycles. The molecule has 4 fully saturated rings. The van der Waals surface area contributed by atoms with E-state index in [9.17, 15) is 19.2 Å². The molecule has 4 amide bonds. The number of fused-ring (bicyclic) bond motifs is 1. The third-order valence-electron chi connectivity index (χ3n) is 11.7. The van der Waals surface area contributed by atoms with Gasteiger partial charge >= 0.3 is 0 Å². The van der Waals surface area contributed by atoms with E-state index in [1.165, 1.54) is 11.3 Å². The molecule has 0 spiro atoms. The number of aromatic nitrogens is 2. The van der Waals surface area contributed by atoms with Gasteiger partial charge < -0.3 is 23.8 Å². The lowest BCUT2D eigenvalue weighted by atomic mass is 9.91. The Balaban J connectivity index is 0.654. The van der Waals surface area contributed by atoms with Gasteiger partial charge in [-0.05, 0) is 61.2 Å². The Bertz CT molecular complexity index is 2130. The molecule has 14 nitrogen and oxygen atoms in total. The van der Waals surface area contributed by atoms with Crippen LogP contribution in [0.4, 0.5) is 5.69 Å². The molecule has 15 heteroatoms. The van der Waals surface area contributed by atoms with Crippen LogP contribution in [0.2, 0.25) is 0 Å². The molecule has 9 rings (SSSR count). The number of amides is 4. The summed E-state index contributed by atoms with van der Waals surface area (Å²) in [5, 5.41) is 9.09. The summed E-state index contributed by atoms with van der Waals surface area (Å²) in [5.74, 6) is -0.390. The first-order valence-corrected chi connectivity index (χ1v) is 20.7. The van der Waals surface area contributed by atoms with Gasteiger partial charge in [0.15, 0.2) is 10.8 Å². The normalized spacial score (nSPS) is 23.6. The van der Waals surface area contributed by atoms with Crippen LogP contribution in [-0.4, -0.2) is 125 Å². The van der Waals surface area contributed by atoms with Crippen LogP contribution in [0.25, 0.3) is 22.9 Å². The molecule has 57 heavy (non-hydrogen) atoms. The Kier molecular flexibility index (Phi) is 10.7. The predicted molar refractivity (Wildman–Crippen MR) is 213 cm³/mol. The number of piperidine rings is 2. The molecule has 6 heterocycles. The van der Waals surface area contributed by atoms with Gasteiger partial charge in [0, 0.05) is 95.0 Å². The molecule has 1 unspecified atom stereocenters. The molecule has 1 saturated carbocycles. The van der Waals surface area contributed by atoms with Crippen LogP contribution in [-0.2, 0) is 14.3 Å². The number of rotatable bonds is 12. The van der Waals surface area contributed by atoms with E-state index in [2.05, 4.69) is 30.2 Å². The van der Waals surface area contributed by atoms with Crippen molar-refractivity contribution in [1.82, 2.24) is 30.2 Å². The number of likely N-dealkylation sites (tertiary alicyclic amines) is 1. The second-order valence-corrected chi connectivity index (χ2v) is 16.3. The average molecular weight is 792 g/mol. The van der Waals surface area contributed by atoms with Gasteiger partial charge in [-0.1, -0.05) is 23.4 Å². The minimum Gasteiger partial charge on any atom is -0.490 e. The molecule has 4 aromatic rings. The molecular weight excluding hydrogens is 747 g/mol. The first-order valence-electron chi connectivity index (χ1n) is 19.8. The number of carbonyl (C=O) groups is 4. The number of carbonyl (C=O) groups excluding carboxylic acids is 4. The SMILES string of the molecule is O=C1CCC(N2C(=O)c3ccc(N4CCN(CCN5CCC(O[C@H]6C[C@H](Oc7ccc(/C=C/c8cc(-c9nccs9)on8)cc7)C6)CC5)CC4)cc3C2=O)C(=O)N1. The lowest BCUT2D eigenvalue weighted by Crippen LogP contribution is -2.54. The lowest BCUT2D eigenvalue weighted by Gasteiger charge is -2.40. The summed E-state index contributed by atoms with van der Waals surface area (Å²) in [5.41, 5.74) is 3.33. The summed E-state index contributed by atoms with van der Waals surface area (Å²) in [7, 11) is 0. The highest BCUT2D eigenvalue weighted by molar-refractivity contribution is 7.13. The fourth-order valence-corrected chi connectivity index (χ4v) is 8.86. The van der Waals surface area contributed by atoms with E-state index in [1.807, 2.05) is 53.9 Å². The van der Waals surface area contributed by atoms with Gasteiger partial charge in [-0.15, -0.1) is 11.3 Å². The van der Waals surface area contributed by atoms with Crippen molar-refractivity contribution >= 4 is 52.8 Å². The lowest BCUT2D eigenvalue weighted by molar-refractivity contribution is -0.136. The fourth-order valence-electron chi connectivity index (χ4n) is 8.28. The highest BCUT2D eigenvalue weighted by Crippen LogP contribution is 2.33. The molecule has 1 N–H and O–H groups in total. The number of thiazole rings is 1. The number of hydrogen-bond donors (Lipinski definition) is 1. The number of piperazine rings is 1. The Morgan fingerprint density at radius 1 is 0.807 bits per heavy atom. The van der Waals surface area contributed by atoms with Gasteiger partial charge in [0.1, 0.15) is 23.6 Å². The summed E-state index contributed by atoms with van der Waals surface area (Å²) >= 11 is 1.52. The summed E-state index contributed by atoms with van der Waals surface area (Å²) in [4.78, 5) is 62.9. The van der Waals surface area contributed by atoms with E-state index in [0.29, 0.717) is 23.0 Å². The van der Waals surface area contributed by atoms with Crippen molar-refractivity contribution in [2.24, 2.45) is 0 Å². The van der Waals surface area contributed by atoms with Crippen molar-refractivity contribution in [2.75, 3.05) is 57.3 Å². The van der Waals surface area contributed by atoms with Gasteiger partial charge in [-0.25, -0.2) is 4.98 Å². The van der Waals surface area contributed by atoms with Crippen molar-refractivity contribution in [2.45, 2.75) is 62.9 Å². The quantitative estimate of drug-likeness (QED) is 0.200. The molecule has 4 aliphatic heterocycles. The van der Waals surface area contributed by atoms with Gasteiger partial charge in [-0.2, -0.15) is 0 Å². The standard InChI is InChI=1S/C42H45N7O7S/c50-38-10-9-36(39(51)44-38)49-41(52)34-8-5-29(24-35(34)42(49)53)48-20-18-47(19-21-48)17-16-46-14-11-31(12-15-46)55-33-25-32(26-33)54-30-6-2-27(3-7-30)1-4-28-23-37(56-45-28)40-43-13-22-57-40/h1-8,13,22-24,31-33,36H,9-12,14-21,25-26H2,(H,44,50,51)/b4-1+/t32-,33-,36?. The molecule has 0 radical (unpaired) electrons. The van der Waals surface area contributed by atoms with Gasteiger partial charge in [0.2, 0.25) is 11.8 Å². The van der Waals surface area contributed by atoms with E-state index >= 15 is 0 Å². The van der Waals surface area contributed by atoms with Gasteiger partial charge in [0.25, 0.3) is 11.8 Å². The maximum Gasteiger partial charge on any atom is 0.262 e. The van der Waals surface area contributed by atoms with Gasteiger partial charge in [-0.3, -0.25) is 34.3 Å². The van der Waals surface area contributed by atoms with Crippen LogP contribution in [0.5, 0.6) is 5.75 Å². The monoisotopic (exact) mass is 791 g/mol. The number of anilines is 1. The number of nitrogens with one attached hydrogen (secondary N) is 1. The zero-order valence-electron chi connectivity index (χ0n) is 31.6. The predicted octanol–water partition coefficient (Wildman–Crippen LogP) is 4.58. The summed E-state index contributed by atoms with van der Waals surface area (Å²) in [6.07, 6.45) is 10.6. The smallest absolute Gasteiger partial charge is 0.262 e. The highest BCUT2D eigenvalue weighted by atomic mass is 32.1. The Hall–Kier alpha value is -5.22. The molecular formula is C42H45N7O7S. The summed E-state index contributed by atoms with van der Waals surface area (Å²) in [6.45, 7) is 7.59. The van der Waals surface area contributed by atoms with Crippen LogP contribution in [0.15, 0.2) is 64.6 Å². The topological polar surface area (TPSA) is 151 Å². The van der Waals surface area contributed by atoms with E-state index < -0.39 is 23.8 Å². The molecule has 3 saturated heterocycles. The Labute approximate surface area is 334 Å². The molecule has 0 bridgehead atoms. The summed E-state index contributed by atoms with van der Waals surface area (Å²) in [6, 6.07) is 14.4. The number of benzene rings is 2. The molecule has 2 aromatic heterocycles. The first-order chi connectivity index (χ1) is 27.8. The number of hydrogen-bond acceptors (Lipinski definition) is 13. The van der Waals surface area contributed by atoms with Crippen LogP contribution >= 0.6 is 11.3 Å². The highest BCUT2D eigenvalue weighted by Gasteiger charge is 2.45. The van der Waals surface area contributed by atoms with Crippen LogP contribution < -0.4 is 15.0 Å². The van der Waals surface area contributed by atoms with Crippen LogP contribution in [0.3, 0.4) is 0 Å². The van der Waals surface area contributed by atoms with E-state index in [4.69, 9.17) is 14.0 Å². The maximum absolute atomic E-state index is 13.3. The number of ether oxygens (including phenoxy) is 2. The molecule has 296 valence electrons. The third kappa shape index (κ3) is 8.28. The minimum absolute atomic E-state index is 0.102. The number of imide groups is 2. The zero-order chi connectivity index (χ0) is 38.9. The maximum atomic E-state index is 13.3. The third-order valence-corrected chi connectivity index (χ3v) is 12.5. The Morgan fingerprint density at radius 3 is 2.30 bits per heavy atom.